The van der Waals surface area contributed by atoms with E-state index in [1.165, 1.54) is 167 Å². The number of hydrogen-bond donors (Lipinski definition) is 3. The van der Waals surface area contributed by atoms with Crippen molar-refractivity contribution in [1.29, 1.82) is 0 Å². The average Bonchev–Trinajstić information content (AvgIpc) is 3.24. The van der Waals surface area contributed by atoms with Gasteiger partial charge in [-0.1, -0.05) is 204 Å². The van der Waals surface area contributed by atoms with Crippen LogP contribution in [0, 0.1) is 0 Å². The fraction of sp³-hybridized carbons (Fsp3) is 0.849. The Balaban J connectivity index is 3.50. The van der Waals surface area contributed by atoms with Crippen molar-refractivity contribution < 1.29 is 24.5 Å². The summed E-state index contributed by atoms with van der Waals surface area (Å²) in [5.74, 6) is -0.105. The largest absolute Gasteiger partial charge is 0.466 e. The molecule has 2 atom stereocenters. The van der Waals surface area contributed by atoms with Crippen LogP contribution in [0.3, 0.4) is 0 Å². The van der Waals surface area contributed by atoms with E-state index in [0.29, 0.717) is 19.4 Å². The average molecular weight is 830 g/mol. The van der Waals surface area contributed by atoms with E-state index in [1.54, 1.807) is 6.08 Å². The third kappa shape index (κ3) is 45.4. The number of nitrogens with one attached hydrogen (secondary N) is 1. The number of ether oxygens (including phenoxy) is 1. The molecular weight excluding hydrogens is 731 g/mol. The molecule has 2 unspecified atom stereocenters. The number of rotatable bonds is 47. The zero-order valence-electron chi connectivity index (χ0n) is 39.2. The highest BCUT2D eigenvalue weighted by atomic mass is 16.5. The van der Waals surface area contributed by atoms with Crippen molar-refractivity contribution in [3.05, 3.63) is 36.5 Å². The minimum atomic E-state index is -0.853. The number of hydrogen-bond acceptors (Lipinski definition) is 5. The van der Waals surface area contributed by atoms with Gasteiger partial charge in [0.2, 0.25) is 5.91 Å². The van der Waals surface area contributed by atoms with Crippen molar-refractivity contribution in [1.82, 2.24) is 5.32 Å². The molecule has 0 saturated carbocycles. The Morgan fingerprint density at radius 2 is 0.797 bits per heavy atom. The van der Waals surface area contributed by atoms with E-state index < -0.39 is 12.1 Å². The number of aliphatic hydroxyl groups excluding tert-OH is 2. The van der Waals surface area contributed by atoms with Crippen LogP contribution in [0.5, 0.6) is 0 Å². The van der Waals surface area contributed by atoms with Gasteiger partial charge >= 0.3 is 5.97 Å². The molecule has 0 spiro atoms. The van der Waals surface area contributed by atoms with Crippen LogP contribution in [0.4, 0.5) is 0 Å². The highest BCUT2D eigenvalue weighted by molar-refractivity contribution is 5.76. The standard InChI is InChI=1S/C53H99NO5/c1-3-5-7-9-11-13-15-17-19-23-27-31-35-39-43-47-53(58)59-48-44-40-36-32-28-24-21-18-20-22-26-30-34-38-42-46-52(57)54-50(49-55)51(56)45-41-37-33-29-25-16-14-12-10-8-6-4-2/h17,19,21,24,41,45,50-51,55-56H,3-16,18,20,22-23,25-40,42-44,46-49H2,1-2H3,(H,54,57)/b19-17-,24-21-,45-41+. The van der Waals surface area contributed by atoms with Crippen molar-refractivity contribution >= 4 is 11.9 Å². The molecule has 0 radical (unpaired) electrons. The molecule has 346 valence electrons. The van der Waals surface area contributed by atoms with Crippen LogP contribution < -0.4 is 5.32 Å². The van der Waals surface area contributed by atoms with Gasteiger partial charge in [-0.25, -0.2) is 0 Å². The van der Waals surface area contributed by atoms with Gasteiger partial charge in [-0.15, -0.1) is 0 Å². The molecule has 3 N–H and O–H groups in total. The number of unbranched alkanes of at least 4 members (excludes halogenated alkanes) is 32. The van der Waals surface area contributed by atoms with Gasteiger partial charge in [0, 0.05) is 12.8 Å². The van der Waals surface area contributed by atoms with Gasteiger partial charge in [0.25, 0.3) is 0 Å². The molecule has 0 aromatic heterocycles. The Labute approximate surface area is 366 Å². The first-order valence-electron chi connectivity index (χ1n) is 25.8. The number of allylic oxidation sites excluding steroid dienone is 5. The third-order valence-electron chi connectivity index (χ3n) is 11.6. The smallest absolute Gasteiger partial charge is 0.305 e. The van der Waals surface area contributed by atoms with Crippen LogP contribution in [-0.2, 0) is 14.3 Å². The van der Waals surface area contributed by atoms with Crippen molar-refractivity contribution in [3.63, 3.8) is 0 Å². The summed E-state index contributed by atoms with van der Waals surface area (Å²) in [5.41, 5.74) is 0. The molecule has 0 fully saturated rings. The molecular formula is C53H99NO5. The minimum absolute atomic E-state index is 0.0199. The second-order valence-corrected chi connectivity index (χ2v) is 17.5. The predicted octanol–water partition coefficient (Wildman–Crippen LogP) is 15.3. The Morgan fingerprint density at radius 1 is 0.458 bits per heavy atom. The lowest BCUT2D eigenvalue weighted by Gasteiger charge is -2.20. The molecule has 0 rings (SSSR count). The Kier molecular flexibility index (Phi) is 47.2. The number of carbonyl (C=O) groups excluding carboxylic acids is 2. The SMILES string of the molecule is CCCCCCCC/C=C\CCCCCCCC(=O)OCCCCCC/C=C\CCCCCCCCCC(=O)NC(CO)C(O)/C=C/CCCCCCCCCCCC. The summed E-state index contributed by atoms with van der Waals surface area (Å²) in [6, 6.07) is -0.638. The van der Waals surface area contributed by atoms with Crippen molar-refractivity contribution in [2.24, 2.45) is 0 Å². The molecule has 0 aromatic rings. The van der Waals surface area contributed by atoms with E-state index in [1.807, 2.05) is 6.08 Å². The van der Waals surface area contributed by atoms with Crippen LogP contribution in [0.15, 0.2) is 36.5 Å². The lowest BCUT2D eigenvalue weighted by atomic mass is 10.1. The summed E-state index contributed by atoms with van der Waals surface area (Å²) >= 11 is 0. The van der Waals surface area contributed by atoms with Crippen molar-refractivity contribution in [2.75, 3.05) is 13.2 Å². The topological polar surface area (TPSA) is 95.9 Å². The maximum Gasteiger partial charge on any atom is 0.305 e. The minimum Gasteiger partial charge on any atom is -0.466 e. The molecule has 59 heavy (non-hydrogen) atoms. The van der Waals surface area contributed by atoms with Gasteiger partial charge in [-0.05, 0) is 83.5 Å². The Bertz CT molecular complexity index is 962. The Morgan fingerprint density at radius 3 is 1.20 bits per heavy atom. The first-order valence-corrected chi connectivity index (χ1v) is 25.8. The van der Waals surface area contributed by atoms with Gasteiger partial charge in [-0.3, -0.25) is 9.59 Å². The van der Waals surface area contributed by atoms with Crippen LogP contribution >= 0.6 is 0 Å². The van der Waals surface area contributed by atoms with Crippen LogP contribution in [-0.4, -0.2) is 47.4 Å². The molecule has 0 heterocycles. The van der Waals surface area contributed by atoms with E-state index in [0.717, 1.165) is 70.6 Å². The lowest BCUT2D eigenvalue weighted by Crippen LogP contribution is -2.45. The molecule has 6 nitrogen and oxygen atoms in total. The van der Waals surface area contributed by atoms with Gasteiger partial charge in [0.05, 0.1) is 25.4 Å². The zero-order valence-corrected chi connectivity index (χ0v) is 39.2. The quantitative estimate of drug-likeness (QED) is 0.0323. The molecule has 0 saturated heterocycles. The summed E-state index contributed by atoms with van der Waals surface area (Å²) in [6.45, 7) is 4.84. The van der Waals surface area contributed by atoms with Gasteiger partial charge < -0.3 is 20.3 Å². The maximum absolute atomic E-state index is 12.4. The zero-order chi connectivity index (χ0) is 43.0. The summed E-state index contributed by atoms with van der Waals surface area (Å²) < 4.78 is 5.45. The third-order valence-corrected chi connectivity index (χ3v) is 11.6. The van der Waals surface area contributed by atoms with E-state index in [-0.39, 0.29) is 18.5 Å². The first kappa shape index (κ1) is 57.1. The predicted molar refractivity (Wildman–Crippen MR) is 255 cm³/mol. The first-order chi connectivity index (χ1) is 29.0. The molecule has 0 aromatic carbocycles. The van der Waals surface area contributed by atoms with E-state index in [9.17, 15) is 19.8 Å². The summed E-state index contributed by atoms with van der Waals surface area (Å²) in [7, 11) is 0. The normalized spacial score (nSPS) is 12.9. The summed E-state index contributed by atoms with van der Waals surface area (Å²) in [4.78, 5) is 24.4. The monoisotopic (exact) mass is 830 g/mol. The van der Waals surface area contributed by atoms with E-state index in [2.05, 4.69) is 43.5 Å². The van der Waals surface area contributed by atoms with Crippen LogP contribution in [0.2, 0.25) is 0 Å². The molecule has 6 heteroatoms. The van der Waals surface area contributed by atoms with E-state index >= 15 is 0 Å². The molecule has 0 bridgehead atoms. The highest BCUT2D eigenvalue weighted by Gasteiger charge is 2.18. The molecule has 0 aliphatic heterocycles. The second kappa shape index (κ2) is 48.7. The van der Waals surface area contributed by atoms with Gasteiger partial charge in [0.1, 0.15) is 0 Å². The van der Waals surface area contributed by atoms with Crippen molar-refractivity contribution in [2.45, 2.75) is 276 Å². The van der Waals surface area contributed by atoms with Crippen LogP contribution in [0.25, 0.3) is 0 Å². The lowest BCUT2D eigenvalue weighted by molar-refractivity contribution is -0.143. The maximum atomic E-state index is 12.4. The number of esters is 1. The summed E-state index contributed by atoms with van der Waals surface area (Å²) in [5, 5.41) is 23.0. The number of carbonyl (C=O) groups is 2. The molecule has 0 aliphatic rings. The molecule has 1 amide bonds. The number of amides is 1. The van der Waals surface area contributed by atoms with Crippen molar-refractivity contribution in [3.8, 4) is 0 Å². The Hall–Kier alpha value is -1.92. The fourth-order valence-corrected chi connectivity index (χ4v) is 7.62. The second-order valence-electron chi connectivity index (χ2n) is 17.5. The number of aliphatic hydroxyl groups is 2. The van der Waals surface area contributed by atoms with E-state index in [4.69, 9.17) is 4.74 Å². The van der Waals surface area contributed by atoms with Crippen LogP contribution in [0.1, 0.15) is 264 Å². The summed E-state index contributed by atoms with van der Waals surface area (Å²) in [6.07, 6.45) is 58.6. The van der Waals surface area contributed by atoms with Gasteiger partial charge in [0.15, 0.2) is 0 Å². The fourth-order valence-electron chi connectivity index (χ4n) is 7.62. The highest BCUT2D eigenvalue weighted by Crippen LogP contribution is 2.14. The molecule has 0 aliphatic carbocycles. The van der Waals surface area contributed by atoms with Gasteiger partial charge in [-0.2, -0.15) is 0 Å².